The number of likely N-dealkylation sites (tertiary alicyclic amines) is 1. The van der Waals surface area contributed by atoms with Gasteiger partial charge in [-0.25, -0.2) is 0 Å². The van der Waals surface area contributed by atoms with Crippen molar-refractivity contribution < 1.29 is 33.7 Å². The number of esters is 3. The van der Waals surface area contributed by atoms with E-state index in [1.54, 1.807) is 0 Å². The van der Waals surface area contributed by atoms with E-state index in [-0.39, 0.29) is 24.0 Å². The standard InChI is InChI=1S/C49H93NO7/c1-8-11-14-17-18-19-20-24-32-39-56-46(53)48(4,5)36-29-30-37-50-41-42(51)40-44(50)45(52)55-38-31-25-23-28-35-49(6,7)47(54)57-43(33-26-21-15-12-9-2)34-27-22-16-13-10-3/h42-44,51H,8-41H2,1-7H3/t42-,44-/m0/s1. The highest BCUT2D eigenvalue weighted by molar-refractivity contribution is 5.77. The SMILES string of the molecule is CCCCCCCCCCCOC(=O)C(C)(C)CCCCN1C[C@@H](O)C[C@H]1C(=O)OCCCCCCC(C)(C)C(=O)OC(CCCCCCC)CCCCCCC. The van der Waals surface area contributed by atoms with E-state index >= 15 is 0 Å². The number of rotatable bonds is 38. The monoisotopic (exact) mass is 808 g/mol. The Bertz CT molecular complexity index is 1000. The molecule has 1 fully saturated rings. The molecule has 1 aliphatic rings. The normalized spacial score (nSPS) is 16.4. The van der Waals surface area contributed by atoms with E-state index in [1.807, 2.05) is 32.6 Å². The van der Waals surface area contributed by atoms with Gasteiger partial charge in [-0.15, -0.1) is 0 Å². The number of nitrogens with zero attached hydrogens (tertiary/aromatic N) is 1. The van der Waals surface area contributed by atoms with Crippen LogP contribution in [0.1, 0.15) is 241 Å². The van der Waals surface area contributed by atoms with Gasteiger partial charge in [-0.05, 0) is 92.0 Å². The first-order valence-corrected chi connectivity index (χ1v) is 24.3. The smallest absolute Gasteiger partial charge is 0.323 e. The van der Waals surface area contributed by atoms with Crippen LogP contribution in [0.15, 0.2) is 0 Å². The highest BCUT2D eigenvalue weighted by Crippen LogP contribution is 2.29. The molecule has 0 radical (unpaired) electrons. The molecule has 336 valence electrons. The summed E-state index contributed by atoms with van der Waals surface area (Å²) in [6.07, 6.45) is 32.1. The predicted molar refractivity (Wildman–Crippen MR) is 236 cm³/mol. The number of aliphatic hydroxyl groups is 1. The first-order chi connectivity index (χ1) is 27.4. The Morgan fingerprint density at radius 2 is 0.982 bits per heavy atom. The zero-order chi connectivity index (χ0) is 42.2. The summed E-state index contributed by atoms with van der Waals surface area (Å²) in [5, 5.41) is 10.4. The van der Waals surface area contributed by atoms with Crippen LogP contribution in [0.25, 0.3) is 0 Å². The average Bonchev–Trinajstić information content (AvgIpc) is 3.56. The molecule has 0 amide bonds. The Kier molecular flexibility index (Phi) is 31.0. The molecule has 1 N–H and O–H groups in total. The molecule has 1 heterocycles. The molecule has 0 unspecified atom stereocenters. The van der Waals surface area contributed by atoms with Crippen LogP contribution in [0, 0.1) is 10.8 Å². The Balaban J connectivity index is 2.31. The Morgan fingerprint density at radius 3 is 1.51 bits per heavy atom. The van der Waals surface area contributed by atoms with Crippen LogP contribution in [0.2, 0.25) is 0 Å². The van der Waals surface area contributed by atoms with E-state index in [0.29, 0.717) is 32.7 Å². The van der Waals surface area contributed by atoms with Crippen molar-refractivity contribution >= 4 is 17.9 Å². The van der Waals surface area contributed by atoms with Gasteiger partial charge in [-0.3, -0.25) is 19.3 Å². The summed E-state index contributed by atoms with van der Waals surface area (Å²) in [5.41, 5.74) is -1.04. The van der Waals surface area contributed by atoms with Gasteiger partial charge in [0, 0.05) is 13.0 Å². The summed E-state index contributed by atoms with van der Waals surface area (Å²) in [7, 11) is 0. The Labute approximate surface area is 352 Å². The number of unbranched alkanes of at least 4 members (excludes halogenated alkanes) is 20. The molecule has 0 aromatic carbocycles. The van der Waals surface area contributed by atoms with Crippen molar-refractivity contribution in [3.63, 3.8) is 0 Å². The lowest BCUT2D eigenvalue weighted by atomic mass is 9.86. The number of carbonyl (C=O) groups is 3. The van der Waals surface area contributed by atoms with E-state index < -0.39 is 23.0 Å². The lowest BCUT2D eigenvalue weighted by Gasteiger charge is -2.27. The minimum atomic E-state index is -0.537. The molecular weight excluding hydrogens is 715 g/mol. The molecule has 0 bridgehead atoms. The third-order valence-corrected chi connectivity index (χ3v) is 12.2. The van der Waals surface area contributed by atoms with Crippen LogP contribution in [-0.4, -0.2) is 72.5 Å². The summed E-state index contributed by atoms with van der Waals surface area (Å²) < 4.78 is 17.5. The lowest BCUT2D eigenvalue weighted by molar-refractivity contribution is -0.161. The van der Waals surface area contributed by atoms with Crippen LogP contribution in [0.3, 0.4) is 0 Å². The van der Waals surface area contributed by atoms with Crippen LogP contribution < -0.4 is 0 Å². The molecule has 1 rings (SSSR count). The molecule has 8 nitrogen and oxygen atoms in total. The van der Waals surface area contributed by atoms with Gasteiger partial charge in [0.05, 0.1) is 30.1 Å². The molecule has 1 aliphatic heterocycles. The van der Waals surface area contributed by atoms with E-state index in [1.165, 1.54) is 96.3 Å². The fourth-order valence-corrected chi connectivity index (χ4v) is 8.05. The van der Waals surface area contributed by atoms with E-state index in [2.05, 4.69) is 20.8 Å². The number of carbonyl (C=O) groups excluding carboxylic acids is 3. The van der Waals surface area contributed by atoms with E-state index in [0.717, 1.165) is 89.9 Å². The molecule has 0 aliphatic carbocycles. The minimum absolute atomic E-state index is 0.0356. The fourth-order valence-electron chi connectivity index (χ4n) is 8.05. The summed E-state index contributed by atoms with van der Waals surface area (Å²) in [6.45, 7) is 16.7. The average molecular weight is 808 g/mol. The quantitative estimate of drug-likeness (QED) is 0.0374. The summed E-state index contributed by atoms with van der Waals surface area (Å²) in [5.74, 6) is -0.430. The second kappa shape index (κ2) is 33.1. The van der Waals surface area contributed by atoms with Crippen molar-refractivity contribution in [2.75, 3.05) is 26.3 Å². The fraction of sp³-hybridized carbons (Fsp3) is 0.939. The molecule has 2 atom stereocenters. The molecular formula is C49H93NO7. The zero-order valence-electron chi connectivity index (χ0n) is 38.6. The number of aliphatic hydroxyl groups excluding tert-OH is 1. The van der Waals surface area contributed by atoms with Crippen LogP contribution >= 0.6 is 0 Å². The molecule has 0 aromatic rings. The van der Waals surface area contributed by atoms with Gasteiger partial charge in [-0.2, -0.15) is 0 Å². The van der Waals surface area contributed by atoms with Gasteiger partial charge in [-0.1, -0.05) is 149 Å². The first kappa shape index (κ1) is 53.3. The van der Waals surface area contributed by atoms with Crippen molar-refractivity contribution in [2.24, 2.45) is 10.8 Å². The maximum Gasteiger partial charge on any atom is 0.323 e. The van der Waals surface area contributed by atoms with Gasteiger partial charge >= 0.3 is 17.9 Å². The van der Waals surface area contributed by atoms with Crippen LogP contribution in [-0.2, 0) is 28.6 Å². The Hall–Kier alpha value is -1.67. The highest BCUT2D eigenvalue weighted by atomic mass is 16.5. The predicted octanol–water partition coefficient (Wildman–Crippen LogP) is 12.8. The van der Waals surface area contributed by atoms with Crippen LogP contribution in [0.5, 0.6) is 0 Å². The van der Waals surface area contributed by atoms with Crippen LogP contribution in [0.4, 0.5) is 0 Å². The number of hydrogen-bond acceptors (Lipinski definition) is 8. The third kappa shape index (κ3) is 26.2. The zero-order valence-corrected chi connectivity index (χ0v) is 38.6. The molecule has 8 heteroatoms. The van der Waals surface area contributed by atoms with Crippen molar-refractivity contribution in [3.8, 4) is 0 Å². The second-order valence-corrected chi connectivity index (χ2v) is 18.9. The molecule has 57 heavy (non-hydrogen) atoms. The largest absolute Gasteiger partial charge is 0.465 e. The number of hydrogen-bond donors (Lipinski definition) is 1. The van der Waals surface area contributed by atoms with Gasteiger partial charge in [0.1, 0.15) is 12.1 Å². The minimum Gasteiger partial charge on any atom is -0.465 e. The number of ether oxygens (including phenoxy) is 3. The summed E-state index contributed by atoms with van der Waals surface area (Å²) >= 11 is 0. The molecule has 0 aromatic heterocycles. The third-order valence-electron chi connectivity index (χ3n) is 12.2. The topological polar surface area (TPSA) is 102 Å². The van der Waals surface area contributed by atoms with Crippen molar-refractivity contribution in [3.05, 3.63) is 0 Å². The summed E-state index contributed by atoms with van der Waals surface area (Å²) in [4.78, 5) is 41.2. The lowest BCUT2D eigenvalue weighted by Crippen LogP contribution is -2.38. The summed E-state index contributed by atoms with van der Waals surface area (Å²) in [6, 6.07) is -0.419. The first-order valence-electron chi connectivity index (χ1n) is 24.3. The maximum absolute atomic E-state index is 13.3. The van der Waals surface area contributed by atoms with Crippen molar-refractivity contribution in [1.82, 2.24) is 4.90 Å². The van der Waals surface area contributed by atoms with Gasteiger partial charge in [0.15, 0.2) is 0 Å². The van der Waals surface area contributed by atoms with Gasteiger partial charge in [0.2, 0.25) is 0 Å². The van der Waals surface area contributed by atoms with Gasteiger partial charge < -0.3 is 19.3 Å². The maximum atomic E-state index is 13.3. The molecule has 0 saturated carbocycles. The molecule has 1 saturated heterocycles. The van der Waals surface area contributed by atoms with E-state index in [9.17, 15) is 19.5 Å². The van der Waals surface area contributed by atoms with Gasteiger partial charge in [0.25, 0.3) is 0 Å². The van der Waals surface area contributed by atoms with E-state index in [4.69, 9.17) is 14.2 Å². The Morgan fingerprint density at radius 1 is 0.561 bits per heavy atom. The molecule has 0 spiro atoms. The van der Waals surface area contributed by atoms with Crippen molar-refractivity contribution in [2.45, 2.75) is 259 Å². The highest BCUT2D eigenvalue weighted by Gasteiger charge is 2.37. The second-order valence-electron chi connectivity index (χ2n) is 18.9. The van der Waals surface area contributed by atoms with Crippen molar-refractivity contribution in [1.29, 1.82) is 0 Å². The number of β-amino-alcohol motifs (C(OH)–C–C–N with tert-alkyl or cyclic N) is 1.